The lowest BCUT2D eigenvalue weighted by Crippen LogP contribution is -2.25. The standard InChI is InChI=1S/C8H11N3O2S.ClH/c12-14(13,7-2-5-9-6-7)8-10-3-1-4-11-8;/h1,3-4,7,9H,2,5-6H2;1H/t7-;/m0./s1. The van der Waals surface area contributed by atoms with Gasteiger partial charge in [0, 0.05) is 18.9 Å². The van der Waals surface area contributed by atoms with Crippen molar-refractivity contribution in [2.75, 3.05) is 13.1 Å². The molecule has 1 aromatic heterocycles. The van der Waals surface area contributed by atoms with Crippen molar-refractivity contribution >= 4 is 22.2 Å². The normalized spacial score (nSPS) is 20.9. The number of halogens is 1. The van der Waals surface area contributed by atoms with Crippen LogP contribution in [0.25, 0.3) is 0 Å². The van der Waals surface area contributed by atoms with Crippen LogP contribution < -0.4 is 5.32 Å². The molecule has 1 N–H and O–H groups in total. The molecule has 5 nitrogen and oxygen atoms in total. The molecule has 1 aliphatic heterocycles. The number of nitrogens with one attached hydrogen (secondary N) is 1. The first-order valence-electron chi connectivity index (χ1n) is 4.43. The molecule has 1 aliphatic rings. The molecule has 7 heteroatoms. The second-order valence-electron chi connectivity index (χ2n) is 3.19. The molecule has 1 fully saturated rings. The Labute approximate surface area is 94.7 Å². The number of hydrogen-bond donors (Lipinski definition) is 1. The van der Waals surface area contributed by atoms with Crippen molar-refractivity contribution in [2.24, 2.45) is 0 Å². The molecule has 0 saturated carbocycles. The monoisotopic (exact) mass is 249 g/mol. The summed E-state index contributed by atoms with van der Waals surface area (Å²) in [6.07, 6.45) is 3.53. The Balaban J connectivity index is 0.00000112. The number of aromatic nitrogens is 2. The number of hydrogen-bond acceptors (Lipinski definition) is 5. The third-order valence-electron chi connectivity index (χ3n) is 2.25. The van der Waals surface area contributed by atoms with Crippen LogP contribution >= 0.6 is 12.4 Å². The summed E-state index contributed by atoms with van der Waals surface area (Å²) < 4.78 is 23.7. The van der Waals surface area contributed by atoms with Gasteiger partial charge in [0.25, 0.3) is 0 Å². The molecule has 1 atom stereocenters. The number of rotatable bonds is 2. The Kier molecular flexibility index (Phi) is 4.01. The summed E-state index contributed by atoms with van der Waals surface area (Å²) in [6.45, 7) is 1.25. The minimum Gasteiger partial charge on any atom is -0.315 e. The first-order valence-corrected chi connectivity index (χ1v) is 5.97. The average molecular weight is 250 g/mol. The molecule has 0 unspecified atom stereocenters. The molecule has 0 radical (unpaired) electrons. The minimum absolute atomic E-state index is 0. The summed E-state index contributed by atoms with van der Waals surface area (Å²) in [6, 6.07) is 1.60. The molecule has 2 heterocycles. The molecular weight excluding hydrogens is 238 g/mol. The molecule has 15 heavy (non-hydrogen) atoms. The molecular formula is C8H12ClN3O2S. The van der Waals surface area contributed by atoms with Crippen molar-refractivity contribution in [3.05, 3.63) is 18.5 Å². The fraction of sp³-hybridized carbons (Fsp3) is 0.500. The molecule has 0 bridgehead atoms. The highest BCUT2D eigenvalue weighted by atomic mass is 35.5. The zero-order chi connectivity index (χ0) is 10.0. The maximum absolute atomic E-state index is 11.9. The van der Waals surface area contributed by atoms with Gasteiger partial charge in [0.05, 0.1) is 5.25 Å². The smallest absolute Gasteiger partial charge is 0.247 e. The molecule has 0 amide bonds. The van der Waals surface area contributed by atoms with Crippen LogP contribution in [0.5, 0.6) is 0 Å². The Morgan fingerprint density at radius 2 is 2.00 bits per heavy atom. The quantitative estimate of drug-likeness (QED) is 0.749. The van der Waals surface area contributed by atoms with E-state index in [1.165, 1.54) is 12.4 Å². The van der Waals surface area contributed by atoms with Gasteiger partial charge in [-0.3, -0.25) is 0 Å². The van der Waals surface area contributed by atoms with Gasteiger partial charge in [-0.25, -0.2) is 18.4 Å². The Hall–Kier alpha value is -0.720. The zero-order valence-corrected chi connectivity index (χ0v) is 9.59. The predicted molar refractivity (Wildman–Crippen MR) is 57.7 cm³/mol. The van der Waals surface area contributed by atoms with E-state index in [0.29, 0.717) is 13.0 Å². The second-order valence-corrected chi connectivity index (χ2v) is 5.31. The van der Waals surface area contributed by atoms with Crippen LogP contribution in [0.15, 0.2) is 23.6 Å². The van der Waals surface area contributed by atoms with E-state index < -0.39 is 9.84 Å². The van der Waals surface area contributed by atoms with E-state index in [-0.39, 0.29) is 22.8 Å². The van der Waals surface area contributed by atoms with Crippen molar-refractivity contribution in [3.63, 3.8) is 0 Å². The minimum atomic E-state index is -3.32. The van der Waals surface area contributed by atoms with Crippen LogP contribution in [-0.4, -0.2) is 36.7 Å². The van der Waals surface area contributed by atoms with Crippen LogP contribution in [0, 0.1) is 0 Å². The summed E-state index contributed by atoms with van der Waals surface area (Å²) in [5.41, 5.74) is 0. The van der Waals surface area contributed by atoms with E-state index in [4.69, 9.17) is 0 Å². The third-order valence-corrected chi connectivity index (χ3v) is 4.25. The van der Waals surface area contributed by atoms with Gasteiger partial charge in [0.15, 0.2) is 0 Å². The highest BCUT2D eigenvalue weighted by Crippen LogP contribution is 2.15. The molecule has 0 aliphatic carbocycles. The van der Waals surface area contributed by atoms with Crippen LogP contribution in [0.4, 0.5) is 0 Å². The zero-order valence-electron chi connectivity index (χ0n) is 7.96. The number of sulfone groups is 1. The first kappa shape index (κ1) is 12.4. The van der Waals surface area contributed by atoms with Crippen molar-refractivity contribution in [2.45, 2.75) is 16.8 Å². The van der Waals surface area contributed by atoms with Gasteiger partial charge < -0.3 is 5.32 Å². The van der Waals surface area contributed by atoms with E-state index in [1.807, 2.05) is 0 Å². The fourth-order valence-corrected chi connectivity index (χ4v) is 2.95. The van der Waals surface area contributed by atoms with Gasteiger partial charge in [-0.15, -0.1) is 12.4 Å². The second kappa shape index (κ2) is 4.87. The summed E-state index contributed by atoms with van der Waals surface area (Å²) in [4.78, 5) is 7.54. The van der Waals surface area contributed by atoms with Crippen molar-refractivity contribution in [1.82, 2.24) is 15.3 Å². The summed E-state index contributed by atoms with van der Waals surface area (Å²) in [7, 11) is -3.32. The SMILES string of the molecule is Cl.O=S(=O)(c1ncccn1)[C@H]1CCNC1. The first-order chi connectivity index (χ1) is 6.71. The fourth-order valence-electron chi connectivity index (χ4n) is 1.47. The summed E-state index contributed by atoms with van der Waals surface area (Å²) >= 11 is 0. The largest absolute Gasteiger partial charge is 0.315 e. The van der Waals surface area contributed by atoms with Crippen molar-refractivity contribution < 1.29 is 8.42 Å². The molecule has 1 aromatic rings. The average Bonchev–Trinajstić information content (AvgIpc) is 2.72. The van der Waals surface area contributed by atoms with Gasteiger partial charge in [0.1, 0.15) is 0 Å². The van der Waals surface area contributed by atoms with Gasteiger partial charge >= 0.3 is 0 Å². The maximum Gasteiger partial charge on any atom is 0.247 e. The van der Waals surface area contributed by atoms with Crippen LogP contribution in [0.1, 0.15) is 6.42 Å². The van der Waals surface area contributed by atoms with Crippen LogP contribution in [-0.2, 0) is 9.84 Å². The van der Waals surface area contributed by atoms with Crippen molar-refractivity contribution in [1.29, 1.82) is 0 Å². The summed E-state index contributed by atoms with van der Waals surface area (Å²) in [5.74, 6) is 0. The van der Waals surface area contributed by atoms with Gasteiger partial charge in [-0.2, -0.15) is 0 Å². The lowest BCUT2D eigenvalue weighted by atomic mass is 10.4. The van der Waals surface area contributed by atoms with E-state index in [1.54, 1.807) is 6.07 Å². The predicted octanol–water partition coefficient (Wildman–Crippen LogP) is 0.0340. The highest BCUT2D eigenvalue weighted by molar-refractivity contribution is 7.91. The Morgan fingerprint density at radius 1 is 1.33 bits per heavy atom. The maximum atomic E-state index is 11.9. The van der Waals surface area contributed by atoms with E-state index in [9.17, 15) is 8.42 Å². The summed E-state index contributed by atoms with van der Waals surface area (Å²) in [5, 5.41) is 2.58. The molecule has 2 rings (SSSR count). The lowest BCUT2D eigenvalue weighted by molar-refractivity contribution is 0.573. The van der Waals surface area contributed by atoms with Crippen molar-refractivity contribution in [3.8, 4) is 0 Å². The van der Waals surface area contributed by atoms with E-state index in [0.717, 1.165) is 6.54 Å². The van der Waals surface area contributed by atoms with E-state index >= 15 is 0 Å². The molecule has 0 aromatic carbocycles. The van der Waals surface area contributed by atoms with Gasteiger partial charge in [0.2, 0.25) is 15.0 Å². The molecule has 0 spiro atoms. The molecule has 1 saturated heterocycles. The lowest BCUT2D eigenvalue weighted by Gasteiger charge is -2.07. The van der Waals surface area contributed by atoms with Gasteiger partial charge in [-0.1, -0.05) is 0 Å². The number of nitrogens with zero attached hydrogens (tertiary/aromatic N) is 2. The third kappa shape index (κ3) is 2.45. The van der Waals surface area contributed by atoms with E-state index in [2.05, 4.69) is 15.3 Å². The molecule has 84 valence electrons. The van der Waals surface area contributed by atoms with Crippen LogP contribution in [0.3, 0.4) is 0 Å². The Morgan fingerprint density at radius 3 is 2.53 bits per heavy atom. The van der Waals surface area contributed by atoms with Gasteiger partial charge in [-0.05, 0) is 19.0 Å². The van der Waals surface area contributed by atoms with Crippen LogP contribution in [0.2, 0.25) is 0 Å². The Bertz CT molecular complexity index is 403. The topological polar surface area (TPSA) is 72.0 Å². The highest BCUT2D eigenvalue weighted by Gasteiger charge is 2.32.